The highest BCUT2D eigenvalue weighted by molar-refractivity contribution is 6.06. The van der Waals surface area contributed by atoms with Crippen LogP contribution in [0.1, 0.15) is 34.0 Å². The van der Waals surface area contributed by atoms with E-state index in [1.807, 2.05) is 38.1 Å². The smallest absolute Gasteiger partial charge is 0.260 e. The van der Waals surface area contributed by atoms with E-state index in [9.17, 15) is 14.7 Å². The molecular formula is C24H24N2O3. The van der Waals surface area contributed by atoms with Crippen molar-refractivity contribution in [1.29, 1.82) is 0 Å². The van der Waals surface area contributed by atoms with Gasteiger partial charge in [-0.2, -0.15) is 0 Å². The molecule has 1 atom stereocenters. The molecule has 5 heteroatoms. The number of anilines is 2. The van der Waals surface area contributed by atoms with Gasteiger partial charge >= 0.3 is 0 Å². The van der Waals surface area contributed by atoms with Gasteiger partial charge < -0.3 is 15.7 Å². The van der Waals surface area contributed by atoms with Gasteiger partial charge in [0.15, 0.2) is 5.60 Å². The summed E-state index contributed by atoms with van der Waals surface area (Å²) < 4.78 is 0. The number of aryl methyl sites for hydroxylation is 2. The van der Waals surface area contributed by atoms with Crippen LogP contribution < -0.4 is 10.6 Å². The molecule has 0 saturated heterocycles. The van der Waals surface area contributed by atoms with Gasteiger partial charge in [0.05, 0.1) is 0 Å². The fourth-order valence-electron chi connectivity index (χ4n) is 3.08. The minimum atomic E-state index is -1.70. The number of aliphatic hydroxyl groups is 1. The molecule has 0 unspecified atom stereocenters. The van der Waals surface area contributed by atoms with Gasteiger partial charge in [0.1, 0.15) is 0 Å². The van der Waals surface area contributed by atoms with Crippen LogP contribution in [0.3, 0.4) is 0 Å². The number of para-hydroxylation sites is 1. The van der Waals surface area contributed by atoms with Gasteiger partial charge in [0, 0.05) is 16.9 Å². The lowest BCUT2D eigenvalue weighted by molar-refractivity contribution is -0.133. The van der Waals surface area contributed by atoms with Crippen LogP contribution >= 0.6 is 0 Å². The Bertz CT molecular complexity index is 1020. The Morgan fingerprint density at radius 3 is 2.10 bits per heavy atom. The van der Waals surface area contributed by atoms with Gasteiger partial charge in [-0.1, -0.05) is 54.6 Å². The van der Waals surface area contributed by atoms with Crippen LogP contribution in [-0.4, -0.2) is 16.9 Å². The van der Waals surface area contributed by atoms with Crippen LogP contribution in [0, 0.1) is 13.8 Å². The van der Waals surface area contributed by atoms with Crippen molar-refractivity contribution in [2.24, 2.45) is 0 Å². The molecule has 0 spiro atoms. The van der Waals surface area contributed by atoms with Gasteiger partial charge in [0.2, 0.25) is 0 Å². The van der Waals surface area contributed by atoms with Crippen molar-refractivity contribution in [3.05, 3.63) is 95.1 Å². The van der Waals surface area contributed by atoms with Gasteiger partial charge in [0.25, 0.3) is 11.8 Å². The molecule has 3 rings (SSSR count). The molecule has 0 bridgehead atoms. The standard InChI is InChI=1S/C24H24N2O3/c1-16-9-7-10-17(2)21(16)26-22(27)18-11-8-14-20(15-18)25-23(28)24(3,29)19-12-5-4-6-13-19/h4-15,29H,1-3H3,(H,25,28)(H,26,27)/t24-/m0/s1. The summed E-state index contributed by atoms with van der Waals surface area (Å²) in [5.74, 6) is -0.843. The van der Waals surface area contributed by atoms with Crippen molar-refractivity contribution in [3.8, 4) is 0 Å². The molecule has 3 aromatic carbocycles. The second-order valence-corrected chi connectivity index (χ2v) is 7.19. The first-order chi connectivity index (χ1) is 13.8. The van der Waals surface area contributed by atoms with E-state index in [1.165, 1.54) is 6.92 Å². The van der Waals surface area contributed by atoms with Crippen molar-refractivity contribution in [2.45, 2.75) is 26.4 Å². The average Bonchev–Trinajstić information content (AvgIpc) is 2.71. The fourth-order valence-corrected chi connectivity index (χ4v) is 3.08. The first kappa shape index (κ1) is 20.3. The highest BCUT2D eigenvalue weighted by Crippen LogP contribution is 2.24. The largest absolute Gasteiger partial charge is 0.376 e. The fraction of sp³-hybridized carbons (Fsp3) is 0.167. The summed E-state index contributed by atoms with van der Waals surface area (Å²) in [6.45, 7) is 5.31. The maximum absolute atomic E-state index is 12.7. The summed E-state index contributed by atoms with van der Waals surface area (Å²) in [4.78, 5) is 25.3. The minimum Gasteiger partial charge on any atom is -0.376 e. The zero-order valence-corrected chi connectivity index (χ0v) is 16.7. The Morgan fingerprint density at radius 2 is 1.45 bits per heavy atom. The number of amides is 2. The molecule has 0 fully saturated rings. The molecule has 29 heavy (non-hydrogen) atoms. The Kier molecular flexibility index (Phi) is 5.80. The summed E-state index contributed by atoms with van der Waals surface area (Å²) in [5.41, 5.74) is 2.35. The Morgan fingerprint density at radius 1 is 0.828 bits per heavy atom. The topological polar surface area (TPSA) is 78.4 Å². The lowest BCUT2D eigenvalue weighted by atomic mass is 9.95. The number of rotatable bonds is 5. The first-order valence-corrected chi connectivity index (χ1v) is 9.36. The van der Waals surface area contributed by atoms with E-state index in [4.69, 9.17) is 0 Å². The predicted octanol–water partition coefficient (Wildman–Crippen LogP) is 4.40. The molecule has 148 valence electrons. The van der Waals surface area contributed by atoms with E-state index in [0.29, 0.717) is 16.8 Å². The lowest BCUT2D eigenvalue weighted by Gasteiger charge is -2.23. The van der Waals surface area contributed by atoms with Crippen molar-refractivity contribution >= 4 is 23.2 Å². The zero-order chi connectivity index (χ0) is 21.0. The number of carbonyl (C=O) groups excluding carboxylic acids is 2. The number of hydrogen-bond donors (Lipinski definition) is 3. The van der Waals surface area contributed by atoms with E-state index < -0.39 is 11.5 Å². The van der Waals surface area contributed by atoms with Crippen LogP contribution in [0.15, 0.2) is 72.8 Å². The van der Waals surface area contributed by atoms with Crippen LogP contribution in [0.5, 0.6) is 0 Å². The molecule has 0 aliphatic rings. The summed E-state index contributed by atoms with van der Waals surface area (Å²) in [5, 5.41) is 16.3. The molecule has 3 N–H and O–H groups in total. The molecule has 0 saturated carbocycles. The number of hydrogen-bond acceptors (Lipinski definition) is 3. The average molecular weight is 388 g/mol. The number of nitrogens with one attached hydrogen (secondary N) is 2. The normalized spacial score (nSPS) is 12.7. The maximum Gasteiger partial charge on any atom is 0.260 e. The third-order valence-corrected chi connectivity index (χ3v) is 4.88. The second kappa shape index (κ2) is 8.29. The third-order valence-electron chi connectivity index (χ3n) is 4.88. The number of carbonyl (C=O) groups is 2. The van der Waals surface area contributed by atoms with E-state index >= 15 is 0 Å². The van der Waals surface area contributed by atoms with Crippen molar-refractivity contribution in [2.75, 3.05) is 10.6 Å². The number of benzene rings is 3. The van der Waals surface area contributed by atoms with E-state index in [0.717, 1.165) is 16.8 Å². The van der Waals surface area contributed by atoms with Crippen LogP contribution in [0.25, 0.3) is 0 Å². The Hall–Kier alpha value is -3.44. The molecular weight excluding hydrogens is 364 g/mol. The van der Waals surface area contributed by atoms with E-state index in [1.54, 1.807) is 48.5 Å². The molecule has 0 aromatic heterocycles. The van der Waals surface area contributed by atoms with Crippen LogP contribution in [0.4, 0.5) is 11.4 Å². The van der Waals surface area contributed by atoms with Gasteiger partial charge in [-0.3, -0.25) is 9.59 Å². The predicted molar refractivity (Wildman–Crippen MR) is 115 cm³/mol. The highest BCUT2D eigenvalue weighted by Gasteiger charge is 2.32. The zero-order valence-electron chi connectivity index (χ0n) is 16.7. The van der Waals surface area contributed by atoms with Gasteiger partial charge in [-0.15, -0.1) is 0 Å². The van der Waals surface area contributed by atoms with E-state index in [2.05, 4.69) is 10.6 Å². The summed E-state index contributed by atoms with van der Waals surface area (Å²) in [7, 11) is 0. The Labute approximate surface area is 170 Å². The quantitative estimate of drug-likeness (QED) is 0.606. The van der Waals surface area contributed by atoms with Gasteiger partial charge in [-0.05, 0) is 55.7 Å². The maximum atomic E-state index is 12.7. The summed E-state index contributed by atoms with van der Waals surface area (Å²) in [6.07, 6.45) is 0. The molecule has 0 aliphatic carbocycles. The molecule has 0 aliphatic heterocycles. The highest BCUT2D eigenvalue weighted by atomic mass is 16.3. The molecule has 0 heterocycles. The lowest BCUT2D eigenvalue weighted by Crippen LogP contribution is -2.37. The van der Waals surface area contributed by atoms with E-state index in [-0.39, 0.29) is 5.91 Å². The molecule has 0 radical (unpaired) electrons. The monoisotopic (exact) mass is 388 g/mol. The summed E-state index contributed by atoms with van der Waals surface area (Å²) >= 11 is 0. The second-order valence-electron chi connectivity index (χ2n) is 7.19. The van der Waals surface area contributed by atoms with Crippen LogP contribution in [0.2, 0.25) is 0 Å². The molecule has 2 amide bonds. The molecule has 3 aromatic rings. The van der Waals surface area contributed by atoms with Crippen molar-refractivity contribution < 1.29 is 14.7 Å². The summed E-state index contributed by atoms with van der Waals surface area (Å²) in [6, 6.07) is 21.1. The SMILES string of the molecule is Cc1cccc(C)c1NC(=O)c1cccc(NC(=O)[C@@](C)(O)c2ccccc2)c1. The first-order valence-electron chi connectivity index (χ1n) is 9.36. The van der Waals surface area contributed by atoms with Gasteiger partial charge in [-0.25, -0.2) is 0 Å². The van der Waals surface area contributed by atoms with Crippen LogP contribution in [-0.2, 0) is 10.4 Å². The third kappa shape index (κ3) is 4.52. The minimum absolute atomic E-state index is 0.270. The Balaban J connectivity index is 1.77. The van der Waals surface area contributed by atoms with Crippen molar-refractivity contribution in [3.63, 3.8) is 0 Å². The molecule has 5 nitrogen and oxygen atoms in total. The van der Waals surface area contributed by atoms with Crippen molar-refractivity contribution in [1.82, 2.24) is 0 Å².